The normalized spacial score (nSPS) is 13.0. The predicted molar refractivity (Wildman–Crippen MR) is 127 cm³/mol. The van der Waals surface area contributed by atoms with Gasteiger partial charge in [0, 0.05) is 12.1 Å². The van der Waals surface area contributed by atoms with Gasteiger partial charge in [0.1, 0.15) is 0 Å². The summed E-state index contributed by atoms with van der Waals surface area (Å²) in [5.74, 6) is 2.46. The van der Waals surface area contributed by atoms with Crippen molar-refractivity contribution < 1.29 is 28.6 Å². The van der Waals surface area contributed by atoms with E-state index in [2.05, 4.69) is 15.5 Å². The number of nitrogens with one attached hydrogen (secondary N) is 1. The second-order valence-corrected chi connectivity index (χ2v) is 8.15. The third-order valence-corrected chi connectivity index (χ3v) is 5.29. The third-order valence-electron chi connectivity index (χ3n) is 5.29. The zero-order valence-corrected chi connectivity index (χ0v) is 20.3. The van der Waals surface area contributed by atoms with Gasteiger partial charge in [-0.25, -0.2) is 0 Å². The Balaban J connectivity index is 1.64. The predicted octanol–water partition coefficient (Wildman–Crippen LogP) is 3.63. The zero-order chi connectivity index (χ0) is 24.5. The van der Waals surface area contributed by atoms with Gasteiger partial charge in [-0.2, -0.15) is 4.98 Å². The summed E-state index contributed by atoms with van der Waals surface area (Å²) in [6, 6.07) is 13.1. The zero-order valence-electron chi connectivity index (χ0n) is 20.3. The summed E-state index contributed by atoms with van der Waals surface area (Å²) in [7, 11) is 4.65. The molecule has 2 N–H and O–H groups in total. The second kappa shape index (κ2) is 12.4. The lowest BCUT2D eigenvalue weighted by Gasteiger charge is -2.20. The van der Waals surface area contributed by atoms with Gasteiger partial charge >= 0.3 is 0 Å². The highest BCUT2D eigenvalue weighted by Gasteiger charge is 2.24. The van der Waals surface area contributed by atoms with Crippen molar-refractivity contribution in [1.29, 1.82) is 0 Å². The van der Waals surface area contributed by atoms with Crippen LogP contribution < -0.4 is 19.5 Å². The molecular formula is C25H33N3O6. The molecule has 9 heteroatoms. The third kappa shape index (κ3) is 6.47. The van der Waals surface area contributed by atoms with Crippen LogP contribution in [-0.4, -0.2) is 55.8 Å². The van der Waals surface area contributed by atoms with E-state index in [1.165, 1.54) is 0 Å². The average molecular weight is 472 g/mol. The monoisotopic (exact) mass is 471 g/mol. The molecule has 0 bridgehead atoms. The Bertz CT molecular complexity index is 999. The minimum Gasteiger partial charge on any atom is -0.493 e. The van der Waals surface area contributed by atoms with Gasteiger partial charge in [0.15, 0.2) is 11.5 Å². The number of rotatable bonds is 13. The first-order valence-corrected chi connectivity index (χ1v) is 11.1. The summed E-state index contributed by atoms with van der Waals surface area (Å²) < 4.78 is 27.4. The van der Waals surface area contributed by atoms with Crippen LogP contribution >= 0.6 is 0 Å². The maximum atomic E-state index is 10.4. The molecule has 1 heterocycles. The van der Waals surface area contributed by atoms with Gasteiger partial charge in [0.05, 0.1) is 46.7 Å². The summed E-state index contributed by atoms with van der Waals surface area (Å²) in [6.07, 6.45) is -0.678. The van der Waals surface area contributed by atoms with Gasteiger partial charge in [-0.1, -0.05) is 49.3 Å². The van der Waals surface area contributed by atoms with E-state index in [-0.39, 0.29) is 18.6 Å². The number of hydrogen-bond acceptors (Lipinski definition) is 9. The summed E-state index contributed by atoms with van der Waals surface area (Å²) in [6.45, 7) is 5.07. The molecule has 1 aromatic heterocycles. The van der Waals surface area contributed by atoms with E-state index in [1.54, 1.807) is 33.5 Å². The van der Waals surface area contributed by atoms with Crippen molar-refractivity contribution in [1.82, 2.24) is 15.5 Å². The fourth-order valence-electron chi connectivity index (χ4n) is 3.51. The van der Waals surface area contributed by atoms with Crippen LogP contribution in [0.25, 0.3) is 11.4 Å². The summed E-state index contributed by atoms with van der Waals surface area (Å²) >= 11 is 0. The van der Waals surface area contributed by atoms with Crippen molar-refractivity contribution in [2.45, 2.75) is 32.6 Å². The number of aliphatic hydroxyl groups excluding tert-OH is 1. The minimum atomic E-state index is -0.678. The first-order chi connectivity index (χ1) is 16.5. The number of ether oxygens (including phenoxy) is 4. The first-order valence-electron chi connectivity index (χ1n) is 11.1. The fourth-order valence-corrected chi connectivity index (χ4v) is 3.51. The standard InChI is InChI=1S/C25H33N3O6/c1-16(2)22(26-13-19(29)15-33-14-17-9-7-6-8-10-17)25-27-24(28-34-25)18-11-20(30-3)23(32-5)21(12-18)31-4/h6-12,16,19,22,26,29H,13-15H2,1-5H3/t19-,22-/m1/s1. The molecule has 0 unspecified atom stereocenters. The highest BCUT2D eigenvalue weighted by atomic mass is 16.5. The Morgan fingerprint density at radius 2 is 1.68 bits per heavy atom. The Labute approximate surface area is 200 Å². The van der Waals surface area contributed by atoms with Gasteiger partial charge in [-0.15, -0.1) is 0 Å². The number of benzene rings is 2. The van der Waals surface area contributed by atoms with Gasteiger partial charge in [0.25, 0.3) is 0 Å². The number of aromatic nitrogens is 2. The van der Waals surface area contributed by atoms with E-state index in [9.17, 15) is 5.11 Å². The van der Waals surface area contributed by atoms with Gasteiger partial charge < -0.3 is 33.9 Å². The quantitative estimate of drug-likeness (QED) is 0.386. The van der Waals surface area contributed by atoms with E-state index in [0.717, 1.165) is 5.56 Å². The van der Waals surface area contributed by atoms with Gasteiger partial charge in [0.2, 0.25) is 17.5 Å². The Kier molecular flexibility index (Phi) is 9.26. The van der Waals surface area contributed by atoms with E-state index < -0.39 is 6.10 Å². The molecule has 0 amide bonds. The summed E-state index contributed by atoms with van der Waals surface area (Å²) in [5.41, 5.74) is 1.73. The molecular weight excluding hydrogens is 438 g/mol. The van der Waals surface area contributed by atoms with Crippen LogP contribution in [0.5, 0.6) is 17.2 Å². The highest BCUT2D eigenvalue weighted by molar-refractivity contribution is 5.66. The van der Waals surface area contributed by atoms with Crippen LogP contribution in [0, 0.1) is 5.92 Å². The Hall–Kier alpha value is -3.14. The van der Waals surface area contributed by atoms with Crippen LogP contribution in [0.1, 0.15) is 31.3 Å². The van der Waals surface area contributed by atoms with Crippen molar-refractivity contribution in [2.75, 3.05) is 34.5 Å². The van der Waals surface area contributed by atoms with Crippen LogP contribution in [0.4, 0.5) is 0 Å². The number of nitrogens with zero attached hydrogens (tertiary/aromatic N) is 2. The Morgan fingerprint density at radius 3 is 2.26 bits per heavy atom. The molecule has 0 spiro atoms. The number of hydrogen-bond donors (Lipinski definition) is 2. The molecule has 0 radical (unpaired) electrons. The maximum Gasteiger partial charge on any atom is 0.244 e. The van der Waals surface area contributed by atoms with Crippen LogP contribution in [-0.2, 0) is 11.3 Å². The lowest BCUT2D eigenvalue weighted by atomic mass is 10.0. The molecule has 3 aromatic rings. The highest BCUT2D eigenvalue weighted by Crippen LogP contribution is 2.40. The Morgan fingerprint density at radius 1 is 1.00 bits per heavy atom. The van der Waals surface area contributed by atoms with Crippen LogP contribution in [0.2, 0.25) is 0 Å². The molecule has 9 nitrogen and oxygen atoms in total. The van der Waals surface area contributed by atoms with E-state index in [0.29, 0.717) is 47.7 Å². The van der Waals surface area contributed by atoms with Crippen molar-refractivity contribution in [2.24, 2.45) is 5.92 Å². The molecule has 184 valence electrons. The van der Waals surface area contributed by atoms with Crippen molar-refractivity contribution in [3.05, 3.63) is 53.9 Å². The number of methoxy groups -OCH3 is 3. The SMILES string of the molecule is COc1cc(-c2noc([C@H](NC[C@@H](O)COCc3ccccc3)C(C)C)n2)cc(OC)c1OC. The molecule has 0 aliphatic carbocycles. The molecule has 2 aromatic carbocycles. The smallest absolute Gasteiger partial charge is 0.244 e. The molecule has 34 heavy (non-hydrogen) atoms. The molecule has 0 fully saturated rings. The van der Waals surface area contributed by atoms with Gasteiger partial charge in [-0.05, 0) is 23.6 Å². The van der Waals surface area contributed by atoms with Crippen molar-refractivity contribution in [3.8, 4) is 28.6 Å². The van der Waals surface area contributed by atoms with Crippen LogP contribution in [0.15, 0.2) is 47.0 Å². The van der Waals surface area contributed by atoms with E-state index in [4.69, 9.17) is 23.5 Å². The molecule has 0 aliphatic rings. The molecule has 2 atom stereocenters. The minimum absolute atomic E-state index is 0.144. The number of aliphatic hydroxyl groups is 1. The summed E-state index contributed by atoms with van der Waals surface area (Å²) in [4.78, 5) is 4.58. The average Bonchev–Trinajstić information content (AvgIpc) is 3.33. The van der Waals surface area contributed by atoms with Gasteiger partial charge in [-0.3, -0.25) is 0 Å². The topological polar surface area (TPSA) is 108 Å². The second-order valence-electron chi connectivity index (χ2n) is 8.15. The lowest BCUT2D eigenvalue weighted by molar-refractivity contribution is 0.0262. The summed E-state index contributed by atoms with van der Waals surface area (Å²) in [5, 5.41) is 17.8. The van der Waals surface area contributed by atoms with E-state index in [1.807, 2.05) is 44.2 Å². The molecule has 0 saturated carbocycles. The maximum absolute atomic E-state index is 10.4. The molecule has 0 saturated heterocycles. The molecule has 3 rings (SSSR count). The largest absolute Gasteiger partial charge is 0.493 e. The lowest BCUT2D eigenvalue weighted by Crippen LogP contribution is -2.35. The molecule has 0 aliphatic heterocycles. The fraction of sp³-hybridized carbons (Fsp3) is 0.440. The van der Waals surface area contributed by atoms with Crippen LogP contribution in [0.3, 0.4) is 0 Å². The van der Waals surface area contributed by atoms with E-state index >= 15 is 0 Å². The van der Waals surface area contributed by atoms with Crippen molar-refractivity contribution in [3.63, 3.8) is 0 Å². The first kappa shape index (κ1) is 25.5. The van der Waals surface area contributed by atoms with Crippen molar-refractivity contribution >= 4 is 0 Å².